The van der Waals surface area contributed by atoms with Crippen molar-refractivity contribution in [3.05, 3.63) is 182 Å². The standard InChI is InChI=1S/C49H30N4S/c1-2-13-33(14-3-1)49-51-41(30-42(52-49)34-15-12-16-35(29-34)53-43-22-9-5-17-36(43)37-18-6-10-23-44(37)53)31-25-27-32(28-26-31)47-46-39-20-7-11-24-45(39)54-48(46)38-19-4-8-21-40(38)50-47/h1-30H. The Hall–Kier alpha value is -6.95. The molecule has 4 heterocycles. The van der Waals surface area contributed by atoms with Gasteiger partial charge in [-0.05, 0) is 42.5 Å². The van der Waals surface area contributed by atoms with Crippen molar-refractivity contribution < 1.29 is 0 Å². The van der Waals surface area contributed by atoms with Gasteiger partial charge in [-0.1, -0.05) is 140 Å². The zero-order valence-corrected chi connectivity index (χ0v) is 29.8. The van der Waals surface area contributed by atoms with Crippen molar-refractivity contribution in [2.24, 2.45) is 0 Å². The van der Waals surface area contributed by atoms with Gasteiger partial charge >= 0.3 is 0 Å². The van der Waals surface area contributed by atoms with Gasteiger partial charge in [-0.2, -0.15) is 0 Å². The van der Waals surface area contributed by atoms with Crippen LogP contribution in [0.25, 0.3) is 104 Å². The van der Waals surface area contributed by atoms with E-state index in [-0.39, 0.29) is 0 Å². The Labute approximate surface area is 315 Å². The molecular formula is C49H30N4S. The van der Waals surface area contributed by atoms with Crippen molar-refractivity contribution in [3.8, 4) is 50.8 Å². The average Bonchev–Trinajstić information content (AvgIpc) is 3.81. The molecule has 0 bridgehead atoms. The van der Waals surface area contributed by atoms with Crippen LogP contribution in [0, 0.1) is 0 Å². The number of fused-ring (bicyclic) bond motifs is 8. The van der Waals surface area contributed by atoms with Crippen LogP contribution in [0.3, 0.4) is 0 Å². The van der Waals surface area contributed by atoms with Gasteiger partial charge in [-0.3, -0.25) is 0 Å². The summed E-state index contributed by atoms with van der Waals surface area (Å²) in [5, 5.41) is 6.12. The minimum Gasteiger partial charge on any atom is -0.309 e. The summed E-state index contributed by atoms with van der Waals surface area (Å²) < 4.78 is 4.89. The van der Waals surface area contributed by atoms with Gasteiger partial charge in [0.25, 0.3) is 0 Å². The molecule has 0 unspecified atom stereocenters. The summed E-state index contributed by atoms with van der Waals surface area (Å²) in [5.41, 5.74) is 11.3. The summed E-state index contributed by atoms with van der Waals surface area (Å²) in [5.74, 6) is 0.692. The van der Waals surface area contributed by atoms with Crippen LogP contribution in [-0.2, 0) is 0 Å². The number of pyridine rings is 1. The predicted octanol–water partition coefficient (Wildman–Crippen LogP) is 13.2. The minimum atomic E-state index is 0.692. The van der Waals surface area contributed by atoms with Gasteiger partial charge in [0, 0.05) is 64.3 Å². The predicted molar refractivity (Wildman–Crippen MR) is 226 cm³/mol. The van der Waals surface area contributed by atoms with Gasteiger partial charge in [0.1, 0.15) is 0 Å². The lowest BCUT2D eigenvalue weighted by Gasteiger charge is -2.13. The molecule has 0 aliphatic heterocycles. The van der Waals surface area contributed by atoms with E-state index in [4.69, 9.17) is 15.0 Å². The topological polar surface area (TPSA) is 43.6 Å². The van der Waals surface area contributed by atoms with E-state index < -0.39 is 0 Å². The van der Waals surface area contributed by atoms with Gasteiger partial charge in [0.15, 0.2) is 5.82 Å². The number of rotatable bonds is 5. The van der Waals surface area contributed by atoms with Gasteiger partial charge in [0.05, 0.1) is 33.6 Å². The first kappa shape index (κ1) is 30.7. The van der Waals surface area contributed by atoms with Crippen LogP contribution < -0.4 is 0 Å². The molecule has 0 spiro atoms. The third-order valence-electron chi connectivity index (χ3n) is 10.4. The van der Waals surface area contributed by atoms with E-state index in [1.165, 1.54) is 47.4 Å². The maximum atomic E-state index is 5.25. The number of hydrogen-bond acceptors (Lipinski definition) is 4. The highest BCUT2D eigenvalue weighted by atomic mass is 32.1. The molecule has 11 rings (SSSR count). The van der Waals surface area contributed by atoms with E-state index in [2.05, 4.69) is 168 Å². The van der Waals surface area contributed by atoms with Crippen LogP contribution in [0.1, 0.15) is 0 Å². The Morgan fingerprint density at radius 3 is 1.76 bits per heavy atom. The van der Waals surface area contributed by atoms with Crippen LogP contribution in [0.15, 0.2) is 182 Å². The van der Waals surface area contributed by atoms with E-state index in [1.54, 1.807) is 0 Å². The fourth-order valence-electron chi connectivity index (χ4n) is 7.88. The Kier molecular flexibility index (Phi) is 7.00. The Balaban J connectivity index is 1.05. The molecule has 0 fully saturated rings. The zero-order valence-electron chi connectivity index (χ0n) is 29.0. The number of benzene rings is 7. The van der Waals surface area contributed by atoms with Crippen molar-refractivity contribution in [1.29, 1.82) is 0 Å². The fraction of sp³-hybridized carbons (Fsp3) is 0. The monoisotopic (exact) mass is 706 g/mol. The van der Waals surface area contributed by atoms with Crippen LogP contribution in [0.4, 0.5) is 0 Å². The van der Waals surface area contributed by atoms with Crippen LogP contribution in [0.5, 0.6) is 0 Å². The van der Waals surface area contributed by atoms with E-state index in [9.17, 15) is 0 Å². The maximum absolute atomic E-state index is 5.25. The van der Waals surface area contributed by atoms with Gasteiger partial charge in [-0.15, -0.1) is 11.3 Å². The molecule has 0 radical (unpaired) electrons. The Bertz CT molecular complexity index is 3160. The molecule has 54 heavy (non-hydrogen) atoms. The van der Waals surface area contributed by atoms with Crippen molar-refractivity contribution in [3.63, 3.8) is 0 Å². The summed E-state index contributed by atoms with van der Waals surface area (Å²) in [6, 6.07) is 64.1. The summed E-state index contributed by atoms with van der Waals surface area (Å²) >= 11 is 1.84. The maximum Gasteiger partial charge on any atom is 0.160 e. The van der Waals surface area contributed by atoms with Crippen LogP contribution in [-0.4, -0.2) is 19.5 Å². The molecule has 7 aromatic carbocycles. The third kappa shape index (κ3) is 4.94. The molecule has 4 nitrogen and oxygen atoms in total. The van der Waals surface area contributed by atoms with Crippen molar-refractivity contribution in [1.82, 2.24) is 19.5 Å². The minimum absolute atomic E-state index is 0.692. The van der Waals surface area contributed by atoms with E-state index in [0.29, 0.717) is 5.82 Å². The molecular weight excluding hydrogens is 677 g/mol. The number of nitrogens with zero attached hydrogens (tertiary/aromatic N) is 4. The molecule has 0 aliphatic rings. The molecule has 0 amide bonds. The van der Waals surface area contributed by atoms with Crippen LogP contribution >= 0.6 is 11.3 Å². The smallest absolute Gasteiger partial charge is 0.160 e. The van der Waals surface area contributed by atoms with Gasteiger partial charge < -0.3 is 4.57 Å². The highest BCUT2D eigenvalue weighted by molar-refractivity contribution is 7.26. The second-order valence-corrected chi connectivity index (χ2v) is 14.7. The molecule has 5 heteroatoms. The first-order valence-electron chi connectivity index (χ1n) is 18.1. The highest BCUT2D eigenvalue weighted by Crippen LogP contribution is 2.43. The summed E-state index contributed by atoms with van der Waals surface area (Å²) in [6.45, 7) is 0. The van der Waals surface area contributed by atoms with Gasteiger partial charge in [-0.25, -0.2) is 15.0 Å². The molecule has 0 atom stereocenters. The third-order valence-corrected chi connectivity index (χ3v) is 11.6. The molecule has 0 saturated heterocycles. The van der Waals surface area contributed by atoms with Crippen LogP contribution in [0.2, 0.25) is 0 Å². The lowest BCUT2D eigenvalue weighted by atomic mass is 10.00. The lowest BCUT2D eigenvalue weighted by Crippen LogP contribution is -1.98. The Morgan fingerprint density at radius 2 is 1.00 bits per heavy atom. The lowest BCUT2D eigenvalue weighted by molar-refractivity contribution is 1.16. The molecule has 4 aromatic heterocycles. The largest absolute Gasteiger partial charge is 0.309 e. The molecule has 11 aromatic rings. The Morgan fingerprint density at radius 1 is 0.407 bits per heavy atom. The number of thiophene rings is 1. The zero-order chi connectivity index (χ0) is 35.6. The fourth-order valence-corrected chi connectivity index (χ4v) is 9.12. The highest BCUT2D eigenvalue weighted by Gasteiger charge is 2.18. The van der Waals surface area contributed by atoms with Crippen molar-refractivity contribution >= 4 is 64.2 Å². The van der Waals surface area contributed by atoms with Crippen molar-refractivity contribution in [2.75, 3.05) is 0 Å². The number of para-hydroxylation sites is 3. The molecule has 0 aliphatic carbocycles. The van der Waals surface area contributed by atoms with E-state index in [0.717, 1.165) is 50.5 Å². The van der Waals surface area contributed by atoms with Gasteiger partial charge in [0.2, 0.25) is 0 Å². The summed E-state index contributed by atoms with van der Waals surface area (Å²) in [7, 11) is 0. The van der Waals surface area contributed by atoms with E-state index >= 15 is 0 Å². The molecule has 0 saturated carbocycles. The average molecular weight is 707 g/mol. The summed E-state index contributed by atoms with van der Waals surface area (Å²) in [6.07, 6.45) is 0. The first-order valence-corrected chi connectivity index (χ1v) is 18.9. The second kappa shape index (κ2) is 12.3. The SMILES string of the molecule is c1ccc(-c2nc(-c3ccc(-c4nc5ccccc5c5sc6ccccc6c45)cc3)cc(-c3cccc(-n4c5ccccc5c5ccccc54)c3)n2)cc1. The van der Waals surface area contributed by atoms with E-state index in [1.807, 2.05) is 29.5 Å². The quantitative estimate of drug-likeness (QED) is 0.179. The molecule has 252 valence electrons. The first-order chi connectivity index (χ1) is 26.8. The van der Waals surface area contributed by atoms with Crippen molar-refractivity contribution in [2.45, 2.75) is 0 Å². The molecule has 0 N–H and O–H groups in total. The number of hydrogen-bond donors (Lipinski definition) is 0. The normalized spacial score (nSPS) is 11.7. The summed E-state index contributed by atoms with van der Waals surface area (Å²) in [4.78, 5) is 15.6. The second-order valence-electron chi connectivity index (χ2n) is 13.6. The number of aromatic nitrogens is 4.